The molecule has 0 N–H and O–H groups in total. The number of carbonyl (C=O) groups excluding carboxylic acids is 1. The zero-order valence-corrected chi connectivity index (χ0v) is 8.38. The molecule has 0 heterocycles. The van der Waals surface area contributed by atoms with Gasteiger partial charge in [-0.05, 0) is 17.9 Å². The van der Waals surface area contributed by atoms with Gasteiger partial charge >= 0.3 is 0 Å². The fourth-order valence-electron chi connectivity index (χ4n) is 1.11. The summed E-state index contributed by atoms with van der Waals surface area (Å²) in [6, 6.07) is 7.22. The molecule has 0 saturated heterocycles. The van der Waals surface area contributed by atoms with Crippen LogP contribution in [0, 0.1) is 0 Å². The number of ketones is 1. The summed E-state index contributed by atoms with van der Waals surface area (Å²) in [5.74, 6) is 1.28. The van der Waals surface area contributed by atoms with Crippen molar-refractivity contribution in [3.8, 4) is 5.75 Å². The number of rotatable bonds is 4. The zero-order chi connectivity index (χ0) is 9.68. The highest BCUT2D eigenvalue weighted by atomic mass is 32.1. The lowest BCUT2D eigenvalue weighted by atomic mass is 10.1. The summed E-state index contributed by atoms with van der Waals surface area (Å²) in [5.41, 5.74) is 0.638. The van der Waals surface area contributed by atoms with E-state index in [4.69, 9.17) is 4.74 Å². The summed E-state index contributed by atoms with van der Waals surface area (Å²) in [4.78, 5) is 11.5. The Morgan fingerprint density at radius 2 is 2.15 bits per heavy atom. The summed E-state index contributed by atoms with van der Waals surface area (Å²) < 4.78 is 5.07. The number of hydrogen-bond donors (Lipinski definition) is 1. The Morgan fingerprint density at radius 1 is 1.46 bits per heavy atom. The number of carbonyl (C=O) groups is 1. The van der Waals surface area contributed by atoms with Gasteiger partial charge in [-0.15, -0.1) is 0 Å². The van der Waals surface area contributed by atoms with Gasteiger partial charge in [0, 0.05) is 6.42 Å². The van der Waals surface area contributed by atoms with Crippen molar-refractivity contribution < 1.29 is 9.53 Å². The average molecular weight is 196 g/mol. The van der Waals surface area contributed by atoms with Crippen LogP contribution in [0.5, 0.6) is 5.75 Å². The first-order valence-electron chi connectivity index (χ1n) is 4.06. The number of methoxy groups -OCH3 is 1. The largest absolute Gasteiger partial charge is 0.496 e. The van der Waals surface area contributed by atoms with Gasteiger partial charge in [-0.25, -0.2) is 0 Å². The fourth-order valence-corrected chi connectivity index (χ4v) is 1.31. The van der Waals surface area contributed by atoms with E-state index in [1.807, 2.05) is 12.1 Å². The van der Waals surface area contributed by atoms with Crippen molar-refractivity contribution in [3.05, 3.63) is 29.8 Å². The van der Waals surface area contributed by atoms with Gasteiger partial charge in [0.25, 0.3) is 0 Å². The molecule has 13 heavy (non-hydrogen) atoms. The van der Waals surface area contributed by atoms with E-state index in [1.54, 1.807) is 19.2 Å². The minimum absolute atomic E-state index is 0.0763. The van der Waals surface area contributed by atoms with Crippen molar-refractivity contribution in [2.24, 2.45) is 0 Å². The molecule has 0 amide bonds. The van der Waals surface area contributed by atoms with Crippen molar-refractivity contribution in [1.82, 2.24) is 0 Å². The molecule has 0 aliphatic heterocycles. The molecule has 0 aliphatic carbocycles. The molecular weight excluding hydrogens is 184 g/mol. The lowest BCUT2D eigenvalue weighted by Crippen LogP contribution is -2.02. The lowest BCUT2D eigenvalue weighted by molar-refractivity contribution is 0.0986. The van der Waals surface area contributed by atoms with Crippen LogP contribution in [0.15, 0.2) is 24.3 Å². The van der Waals surface area contributed by atoms with E-state index in [2.05, 4.69) is 12.6 Å². The Kier molecular flexibility index (Phi) is 3.83. The van der Waals surface area contributed by atoms with Crippen LogP contribution in [0.2, 0.25) is 0 Å². The Balaban J connectivity index is 2.92. The van der Waals surface area contributed by atoms with E-state index in [-0.39, 0.29) is 5.78 Å². The maximum Gasteiger partial charge on any atom is 0.167 e. The highest BCUT2D eigenvalue weighted by Crippen LogP contribution is 2.18. The Morgan fingerprint density at radius 3 is 2.77 bits per heavy atom. The smallest absolute Gasteiger partial charge is 0.167 e. The van der Waals surface area contributed by atoms with Gasteiger partial charge < -0.3 is 4.74 Å². The summed E-state index contributed by atoms with van der Waals surface area (Å²) in [5, 5.41) is 0. The van der Waals surface area contributed by atoms with Gasteiger partial charge in [0.15, 0.2) is 5.78 Å². The summed E-state index contributed by atoms with van der Waals surface area (Å²) >= 11 is 4.01. The van der Waals surface area contributed by atoms with Crippen molar-refractivity contribution in [2.45, 2.75) is 6.42 Å². The van der Waals surface area contributed by atoms with Crippen LogP contribution in [0.25, 0.3) is 0 Å². The number of Topliss-reactive ketones (excluding diaryl/α,β-unsaturated/α-hetero) is 1. The molecule has 0 aliphatic rings. The molecule has 1 aromatic carbocycles. The molecule has 0 unspecified atom stereocenters. The molecule has 0 aromatic heterocycles. The molecule has 0 spiro atoms. The molecule has 1 aromatic rings. The van der Waals surface area contributed by atoms with Crippen molar-refractivity contribution in [2.75, 3.05) is 12.9 Å². The second kappa shape index (κ2) is 4.92. The molecule has 2 nitrogen and oxygen atoms in total. The summed E-state index contributed by atoms with van der Waals surface area (Å²) in [7, 11) is 1.56. The molecule has 3 heteroatoms. The van der Waals surface area contributed by atoms with Gasteiger partial charge in [0.05, 0.1) is 12.7 Å². The quantitative estimate of drug-likeness (QED) is 0.590. The van der Waals surface area contributed by atoms with Gasteiger partial charge in [0.2, 0.25) is 0 Å². The van der Waals surface area contributed by atoms with Crippen LogP contribution in [0.3, 0.4) is 0 Å². The third-order valence-corrected chi connectivity index (χ3v) is 1.97. The highest BCUT2D eigenvalue weighted by molar-refractivity contribution is 7.80. The zero-order valence-electron chi connectivity index (χ0n) is 7.49. The second-order valence-electron chi connectivity index (χ2n) is 2.60. The van der Waals surface area contributed by atoms with E-state index in [9.17, 15) is 4.79 Å². The topological polar surface area (TPSA) is 26.3 Å². The second-order valence-corrected chi connectivity index (χ2v) is 3.04. The first-order chi connectivity index (χ1) is 6.29. The van der Waals surface area contributed by atoms with Crippen LogP contribution >= 0.6 is 12.6 Å². The predicted octanol–water partition coefficient (Wildman–Crippen LogP) is 2.20. The highest BCUT2D eigenvalue weighted by Gasteiger charge is 2.09. The molecule has 1 rings (SSSR count). The molecular formula is C10H12O2S. The minimum atomic E-state index is 0.0763. The molecule has 0 bridgehead atoms. The van der Waals surface area contributed by atoms with Gasteiger partial charge in [-0.2, -0.15) is 12.6 Å². The lowest BCUT2D eigenvalue weighted by Gasteiger charge is -2.05. The van der Waals surface area contributed by atoms with E-state index in [0.717, 1.165) is 0 Å². The summed E-state index contributed by atoms with van der Waals surface area (Å²) in [6.07, 6.45) is 0.448. The van der Waals surface area contributed by atoms with Crippen LogP contribution < -0.4 is 4.74 Å². The number of thiol groups is 1. The Hall–Kier alpha value is -0.960. The van der Waals surface area contributed by atoms with E-state index < -0.39 is 0 Å². The molecule has 0 saturated carbocycles. The molecule has 70 valence electrons. The SMILES string of the molecule is COc1ccccc1C(=O)CCS. The first kappa shape index (κ1) is 10.1. The molecule has 0 atom stereocenters. The Labute approximate surface area is 83.3 Å². The van der Waals surface area contributed by atoms with E-state index in [1.165, 1.54) is 0 Å². The molecule has 0 fully saturated rings. The van der Waals surface area contributed by atoms with E-state index in [0.29, 0.717) is 23.5 Å². The fraction of sp³-hybridized carbons (Fsp3) is 0.300. The normalized spacial score (nSPS) is 9.69. The standard InChI is InChI=1S/C10H12O2S/c1-12-10-5-3-2-4-8(10)9(11)6-7-13/h2-5,13H,6-7H2,1H3. The van der Waals surface area contributed by atoms with Crippen molar-refractivity contribution in [1.29, 1.82) is 0 Å². The number of ether oxygens (including phenoxy) is 1. The van der Waals surface area contributed by atoms with Gasteiger partial charge in [-0.1, -0.05) is 12.1 Å². The first-order valence-corrected chi connectivity index (χ1v) is 4.70. The average Bonchev–Trinajstić information content (AvgIpc) is 2.18. The van der Waals surface area contributed by atoms with Gasteiger partial charge in [-0.3, -0.25) is 4.79 Å². The third kappa shape index (κ3) is 2.49. The predicted molar refractivity (Wildman–Crippen MR) is 55.8 cm³/mol. The Bertz CT molecular complexity index is 297. The molecule has 0 radical (unpaired) electrons. The monoisotopic (exact) mass is 196 g/mol. The minimum Gasteiger partial charge on any atom is -0.496 e. The third-order valence-electron chi connectivity index (χ3n) is 1.75. The van der Waals surface area contributed by atoms with E-state index >= 15 is 0 Å². The van der Waals surface area contributed by atoms with Crippen molar-refractivity contribution >= 4 is 18.4 Å². The van der Waals surface area contributed by atoms with Crippen LogP contribution in [0.4, 0.5) is 0 Å². The number of benzene rings is 1. The van der Waals surface area contributed by atoms with Crippen LogP contribution in [-0.2, 0) is 0 Å². The summed E-state index contributed by atoms with van der Waals surface area (Å²) in [6.45, 7) is 0. The van der Waals surface area contributed by atoms with Crippen LogP contribution in [0.1, 0.15) is 16.8 Å². The van der Waals surface area contributed by atoms with Gasteiger partial charge in [0.1, 0.15) is 5.75 Å². The van der Waals surface area contributed by atoms with Crippen LogP contribution in [-0.4, -0.2) is 18.6 Å². The maximum atomic E-state index is 11.5. The number of para-hydroxylation sites is 1. The number of hydrogen-bond acceptors (Lipinski definition) is 3. The van der Waals surface area contributed by atoms with Crippen molar-refractivity contribution in [3.63, 3.8) is 0 Å². The maximum absolute atomic E-state index is 11.5.